The summed E-state index contributed by atoms with van der Waals surface area (Å²) in [4.78, 5) is 41.1. The van der Waals surface area contributed by atoms with Crippen LogP contribution in [0.5, 0.6) is 0 Å². The Kier molecular flexibility index (Phi) is 6.11. The fourth-order valence-electron chi connectivity index (χ4n) is 3.89. The van der Waals surface area contributed by atoms with Crippen molar-refractivity contribution in [2.24, 2.45) is 0 Å². The zero-order valence-corrected chi connectivity index (χ0v) is 16.2. The number of amides is 2. The number of esters is 1. The summed E-state index contributed by atoms with van der Waals surface area (Å²) in [5.41, 5.74) is 1.25. The van der Waals surface area contributed by atoms with Gasteiger partial charge < -0.3 is 14.5 Å². The molecule has 0 spiro atoms. The minimum absolute atomic E-state index is 0.0117. The Labute approximate surface area is 163 Å². The molecule has 1 aromatic rings. The molecule has 2 aliphatic heterocycles. The molecule has 0 N–H and O–H groups in total. The normalized spacial score (nSPS) is 20.0. The van der Waals surface area contributed by atoms with Crippen LogP contribution in [0.2, 0.25) is 0 Å². The second kappa shape index (κ2) is 8.54. The van der Waals surface area contributed by atoms with Gasteiger partial charge in [-0.25, -0.2) is 9.18 Å². The van der Waals surface area contributed by atoms with Crippen LogP contribution in [0.4, 0.5) is 4.39 Å². The van der Waals surface area contributed by atoms with Crippen molar-refractivity contribution in [3.05, 3.63) is 46.9 Å². The lowest BCUT2D eigenvalue weighted by atomic mass is 9.83. The lowest BCUT2D eigenvalue weighted by Gasteiger charge is -2.34. The van der Waals surface area contributed by atoms with E-state index in [0.29, 0.717) is 29.9 Å². The largest absolute Gasteiger partial charge is 0.463 e. The molecular weight excluding hydrogens is 363 g/mol. The van der Waals surface area contributed by atoms with E-state index >= 15 is 0 Å². The van der Waals surface area contributed by atoms with Crippen molar-refractivity contribution in [3.63, 3.8) is 0 Å². The van der Waals surface area contributed by atoms with E-state index in [0.717, 1.165) is 12.8 Å². The molecule has 1 atom stereocenters. The number of rotatable bonds is 5. The first-order chi connectivity index (χ1) is 13.4. The van der Waals surface area contributed by atoms with E-state index in [9.17, 15) is 18.8 Å². The molecule has 3 rings (SSSR count). The van der Waals surface area contributed by atoms with Gasteiger partial charge in [-0.2, -0.15) is 0 Å². The third kappa shape index (κ3) is 4.08. The van der Waals surface area contributed by atoms with Crippen LogP contribution in [-0.4, -0.2) is 53.8 Å². The second-order valence-electron chi connectivity index (χ2n) is 7.10. The molecule has 1 fully saturated rings. The summed E-state index contributed by atoms with van der Waals surface area (Å²) in [5, 5.41) is 0. The first-order valence-corrected chi connectivity index (χ1v) is 9.63. The van der Waals surface area contributed by atoms with Gasteiger partial charge in [-0.1, -0.05) is 12.1 Å². The number of carbonyl (C=O) groups excluding carboxylic acids is 3. The molecule has 6 nitrogen and oxygen atoms in total. The number of carbonyl (C=O) groups is 3. The summed E-state index contributed by atoms with van der Waals surface area (Å²) in [7, 11) is 0. The van der Waals surface area contributed by atoms with Gasteiger partial charge in [0.1, 0.15) is 12.4 Å². The Morgan fingerprint density at radius 2 is 1.96 bits per heavy atom. The smallest absolute Gasteiger partial charge is 0.336 e. The Balaban J connectivity index is 1.95. The maximum atomic E-state index is 13.7. The monoisotopic (exact) mass is 388 g/mol. The van der Waals surface area contributed by atoms with E-state index in [1.54, 1.807) is 30.9 Å². The van der Waals surface area contributed by atoms with Crippen molar-refractivity contribution >= 4 is 17.8 Å². The van der Waals surface area contributed by atoms with E-state index in [2.05, 4.69) is 0 Å². The van der Waals surface area contributed by atoms with E-state index in [-0.39, 0.29) is 31.4 Å². The molecule has 0 saturated carbocycles. The van der Waals surface area contributed by atoms with Gasteiger partial charge in [0.25, 0.3) is 0 Å². The Morgan fingerprint density at radius 1 is 1.25 bits per heavy atom. The summed E-state index contributed by atoms with van der Waals surface area (Å²) in [6.07, 6.45) is 1.91. The number of benzene rings is 1. The fraction of sp³-hybridized carbons (Fsp3) is 0.476. The first-order valence-electron chi connectivity index (χ1n) is 9.63. The predicted molar refractivity (Wildman–Crippen MR) is 101 cm³/mol. The number of allylic oxidation sites excluding steroid dienone is 1. The molecule has 1 saturated heterocycles. The van der Waals surface area contributed by atoms with E-state index < -0.39 is 17.7 Å². The number of hydrogen-bond acceptors (Lipinski definition) is 4. The summed E-state index contributed by atoms with van der Waals surface area (Å²) in [6, 6.07) is 5.89. The molecule has 2 aliphatic rings. The molecule has 1 aromatic carbocycles. The molecule has 0 aliphatic carbocycles. The third-order valence-corrected chi connectivity index (χ3v) is 5.32. The van der Waals surface area contributed by atoms with Gasteiger partial charge in [-0.15, -0.1) is 0 Å². The van der Waals surface area contributed by atoms with Crippen molar-refractivity contribution in [2.75, 3.05) is 26.2 Å². The third-order valence-electron chi connectivity index (χ3n) is 5.32. The highest BCUT2D eigenvalue weighted by Gasteiger charge is 2.38. The van der Waals surface area contributed by atoms with Gasteiger partial charge in [0.05, 0.1) is 12.2 Å². The van der Waals surface area contributed by atoms with Crippen LogP contribution in [0, 0.1) is 5.82 Å². The number of halogens is 1. The van der Waals surface area contributed by atoms with E-state index in [4.69, 9.17) is 4.74 Å². The van der Waals surface area contributed by atoms with Crippen LogP contribution in [0.25, 0.3) is 0 Å². The number of ether oxygens (including phenoxy) is 1. The van der Waals surface area contributed by atoms with Crippen molar-refractivity contribution < 1.29 is 23.5 Å². The molecule has 0 radical (unpaired) electrons. The van der Waals surface area contributed by atoms with Gasteiger partial charge in [-0.05, 0) is 44.4 Å². The lowest BCUT2D eigenvalue weighted by Crippen LogP contribution is -2.44. The SMILES string of the molecule is CCOC(=O)C1=C(C)N(CC(=O)N2CCCC2)C(=O)C[C@H]1c1cccc(F)c1. The Morgan fingerprint density at radius 3 is 2.61 bits per heavy atom. The summed E-state index contributed by atoms with van der Waals surface area (Å²) >= 11 is 0. The maximum absolute atomic E-state index is 13.7. The second-order valence-corrected chi connectivity index (χ2v) is 7.10. The zero-order chi connectivity index (χ0) is 20.3. The molecule has 2 amide bonds. The summed E-state index contributed by atoms with van der Waals surface area (Å²) in [6.45, 7) is 4.83. The van der Waals surface area contributed by atoms with Crippen LogP contribution >= 0.6 is 0 Å². The van der Waals surface area contributed by atoms with Crippen LogP contribution in [-0.2, 0) is 19.1 Å². The minimum Gasteiger partial charge on any atom is -0.463 e. The van der Waals surface area contributed by atoms with Crippen molar-refractivity contribution in [1.29, 1.82) is 0 Å². The topological polar surface area (TPSA) is 66.9 Å². The molecule has 0 unspecified atom stereocenters. The van der Waals surface area contributed by atoms with Gasteiger partial charge in [0, 0.05) is 31.1 Å². The quantitative estimate of drug-likeness (QED) is 0.728. The summed E-state index contributed by atoms with van der Waals surface area (Å²) in [5.74, 6) is -1.96. The highest BCUT2D eigenvalue weighted by molar-refractivity contribution is 5.97. The highest BCUT2D eigenvalue weighted by Crippen LogP contribution is 2.37. The van der Waals surface area contributed by atoms with Crippen LogP contribution in [0.15, 0.2) is 35.5 Å². The van der Waals surface area contributed by atoms with Crippen molar-refractivity contribution in [2.45, 2.75) is 39.0 Å². The van der Waals surface area contributed by atoms with Crippen molar-refractivity contribution in [3.8, 4) is 0 Å². The van der Waals surface area contributed by atoms with Gasteiger partial charge in [0.15, 0.2) is 0 Å². The fourth-order valence-corrected chi connectivity index (χ4v) is 3.89. The minimum atomic E-state index is -0.597. The molecule has 0 bridgehead atoms. The van der Waals surface area contributed by atoms with Crippen molar-refractivity contribution in [1.82, 2.24) is 9.80 Å². The highest BCUT2D eigenvalue weighted by atomic mass is 19.1. The van der Waals surface area contributed by atoms with Crippen LogP contribution < -0.4 is 0 Å². The van der Waals surface area contributed by atoms with Gasteiger partial charge >= 0.3 is 5.97 Å². The molecule has 2 heterocycles. The average Bonchev–Trinajstić information content (AvgIpc) is 3.19. The number of nitrogens with zero attached hydrogens (tertiary/aromatic N) is 2. The van der Waals surface area contributed by atoms with Gasteiger partial charge in [-0.3, -0.25) is 9.59 Å². The molecule has 7 heteroatoms. The first kappa shape index (κ1) is 20.0. The molecule has 28 heavy (non-hydrogen) atoms. The number of likely N-dealkylation sites (tertiary alicyclic amines) is 1. The van der Waals surface area contributed by atoms with E-state index in [1.807, 2.05) is 0 Å². The summed E-state index contributed by atoms with van der Waals surface area (Å²) < 4.78 is 18.9. The predicted octanol–water partition coefficient (Wildman–Crippen LogP) is 2.60. The zero-order valence-electron chi connectivity index (χ0n) is 16.2. The van der Waals surface area contributed by atoms with Crippen LogP contribution in [0.3, 0.4) is 0 Å². The average molecular weight is 388 g/mol. The Bertz CT molecular complexity index is 814. The molecule has 150 valence electrons. The van der Waals surface area contributed by atoms with Crippen LogP contribution in [0.1, 0.15) is 44.6 Å². The van der Waals surface area contributed by atoms with Gasteiger partial charge in [0.2, 0.25) is 11.8 Å². The maximum Gasteiger partial charge on any atom is 0.336 e. The lowest BCUT2D eigenvalue weighted by molar-refractivity contribution is -0.142. The molecule has 0 aromatic heterocycles. The van der Waals surface area contributed by atoms with E-state index in [1.165, 1.54) is 17.0 Å². The standard InChI is InChI=1S/C21H25FN2O4/c1-3-28-21(27)20-14(2)24(13-19(26)23-9-4-5-10-23)18(25)12-17(20)15-7-6-8-16(22)11-15/h6-8,11,17H,3-5,9-10,12-13H2,1-2H3/t17-/m0/s1. The molecular formula is C21H25FN2O4. The Hall–Kier alpha value is -2.70. The number of hydrogen-bond donors (Lipinski definition) is 0.